The molecule has 0 bridgehead atoms. The summed E-state index contributed by atoms with van der Waals surface area (Å²) in [4.78, 5) is 82.8. The van der Waals surface area contributed by atoms with E-state index in [9.17, 15) is 49.2 Å². The summed E-state index contributed by atoms with van der Waals surface area (Å²) in [5.74, 6) is 3.49. The SMILES string of the molecule is CCCCCCCCCCCOC(=O)CCCCCCCN(CCO)CCCCCCCC(=O)OC(C)(C)C.CCCCCCCCCOC(=O)CCCCCCCN(CCO)CCCCCCCC(=O)OC(CCC1CC1CCCC)CCC1CC1CCCC.CCCCCCCCCOC(=O)CCCCCCCN(CCO)CCN(CCO)CCCCCCCC(=O)OC(CCCCCCCC)CCCCCCCC. The number of ether oxygens (including phenoxy) is 6. The van der Waals surface area contributed by atoms with E-state index in [2.05, 4.69) is 68.1 Å². The molecule has 2 fully saturated rings. The third-order valence-corrected chi connectivity index (χ3v) is 30.6. The second kappa shape index (κ2) is 111. The van der Waals surface area contributed by atoms with Crippen molar-refractivity contribution in [3.63, 3.8) is 0 Å². The van der Waals surface area contributed by atoms with Crippen molar-refractivity contribution in [1.82, 2.24) is 19.6 Å². The number of carbonyl (C=O) groups is 6. The Morgan fingerprint density at radius 3 is 0.660 bits per heavy atom. The Labute approximate surface area is 909 Å². The maximum atomic E-state index is 12.9. The van der Waals surface area contributed by atoms with Crippen LogP contribution in [-0.4, -0.2) is 218 Å². The van der Waals surface area contributed by atoms with Crippen LogP contribution in [0, 0.1) is 23.7 Å². The monoisotopic (exact) mass is 2090 g/mol. The van der Waals surface area contributed by atoms with Crippen molar-refractivity contribution in [2.75, 3.05) is 125 Å². The van der Waals surface area contributed by atoms with Gasteiger partial charge in [0.1, 0.15) is 17.8 Å². The van der Waals surface area contributed by atoms with Gasteiger partial charge in [-0.1, -0.05) is 395 Å². The van der Waals surface area contributed by atoms with E-state index in [4.69, 9.17) is 28.4 Å². The van der Waals surface area contributed by atoms with Gasteiger partial charge in [-0.05, 0) is 244 Å². The fourth-order valence-corrected chi connectivity index (χ4v) is 20.8. The summed E-state index contributed by atoms with van der Waals surface area (Å²) in [6.07, 6.45) is 97.6. The van der Waals surface area contributed by atoms with Gasteiger partial charge in [0, 0.05) is 77.8 Å². The Kier molecular flexibility index (Phi) is 108. The molecule has 0 spiro atoms. The van der Waals surface area contributed by atoms with E-state index in [0.29, 0.717) is 71.4 Å². The van der Waals surface area contributed by atoms with Crippen molar-refractivity contribution < 1.29 is 77.6 Å². The molecule has 2 aliphatic rings. The lowest BCUT2D eigenvalue weighted by molar-refractivity contribution is -0.155. The van der Waals surface area contributed by atoms with Gasteiger partial charge in [0.05, 0.1) is 46.2 Å². The third kappa shape index (κ3) is 104. The molecule has 20 nitrogen and oxygen atoms in total. The molecule has 0 aromatic rings. The van der Waals surface area contributed by atoms with E-state index in [0.717, 1.165) is 314 Å². The molecule has 2 aliphatic carbocycles. The Bertz CT molecular complexity index is 2760. The van der Waals surface area contributed by atoms with Crippen LogP contribution in [-0.2, 0) is 57.2 Å². The predicted molar refractivity (Wildman–Crippen MR) is 619 cm³/mol. The average Bonchev–Trinajstić information content (AvgIpc) is 1.69. The highest BCUT2D eigenvalue weighted by Crippen LogP contribution is 2.48. The molecule has 147 heavy (non-hydrogen) atoms. The normalized spacial score (nSPS) is 14.6. The second-order valence-corrected chi connectivity index (χ2v) is 46.0. The average molecular weight is 2090 g/mol. The number of rotatable bonds is 113. The van der Waals surface area contributed by atoms with Crippen LogP contribution >= 0.6 is 0 Å². The van der Waals surface area contributed by atoms with Crippen LogP contribution in [0.4, 0.5) is 0 Å². The summed E-state index contributed by atoms with van der Waals surface area (Å²) in [6.45, 7) is 34.7. The minimum Gasteiger partial charge on any atom is -0.466 e. The van der Waals surface area contributed by atoms with Gasteiger partial charge in [-0.3, -0.25) is 38.6 Å². The molecule has 0 heterocycles. The molecule has 4 N–H and O–H groups in total. The first kappa shape index (κ1) is 144. The number of aliphatic hydroxyl groups is 4. The van der Waals surface area contributed by atoms with Gasteiger partial charge in [0.25, 0.3) is 0 Å². The van der Waals surface area contributed by atoms with E-state index in [-0.39, 0.29) is 74.5 Å². The summed E-state index contributed by atoms with van der Waals surface area (Å²) >= 11 is 0. The minimum absolute atomic E-state index is 0.000279. The number of nitrogens with zero attached hydrogens (tertiary/aromatic N) is 4. The highest BCUT2D eigenvalue weighted by atomic mass is 16.6. The number of hydrogen-bond acceptors (Lipinski definition) is 20. The first-order chi connectivity index (χ1) is 71.8. The fraction of sp³-hybridized carbons (Fsp3) is 0.953. The molecule has 2 rings (SSSR count). The lowest BCUT2D eigenvalue weighted by Crippen LogP contribution is -2.38. The Balaban J connectivity index is 0.00000221. The van der Waals surface area contributed by atoms with Crippen molar-refractivity contribution >= 4 is 35.8 Å². The number of aliphatic hydroxyl groups excluding tert-OH is 4. The molecule has 0 saturated heterocycles. The molecular weight excluding hydrogens is 1840 g/mol. The highest BCUT2D eigenvalue weighted by molar-refractivity contribution is 5.71. The molecule has 4 atom stereocenters. The van der Waals surface area contributed by atoms with Crippen LogP contribution in [0.3, 0.4) is 0 Å². The Hall–Kier alpha value is -3.50. The van der Waals surface area contributed by atoms with Gasteiger partial charge in [0.15, 0.2) is 0 Å². The number of unbranched alkanes of at least 4 members (excludes halogenated alkanes) is 56. The van der Waals surface area contributed by atoms with Crippen molar-refractivity contribution in [3.8, 4) is 0 Å². The maximum Gasteiger partial charge on any atom is 0.306 e. The highest BCUT2D eigenvalue weighted by Gasteiger charge is 2.39. The third-order valence-electron chi connectivity index (χ3n) is 30.6. The van der Waals surface area contributed by atoms with Gasteiger partial charge in [-0.2, -0.15) is 0 Å². The first-order valence-electron chi connectivity index (χ1n) is 64.2. The van der Waals surface area contributed by atoms with Crippen LogP contribution < -0.4 is 0 Å². The van der Waals surface area contributed by atoms with Crippen LogP contribution in [0.15, 0.2) is 0 Å². The molecular formula is C127H248N4O16. The molecule has 0 aromatic carbocycles. The second-order valence-electron chi connectivity index (χ2n) is 46.0. The zero-order chi connectivity index (χ0) is 108. The molecule has 0 aliphatic heterocycles. The van der Waals surface area contributed by atoms with Gasteiger partial charge < -0.3 is 58.6 Å². The van der Waals surface area contributed by atoms with Crippen molar-refractivity contribution in [3.05, 3.63) is 0 Å². The quantitative estimate of drug-likeness (QED) is 0.0251. The lowest BCUT2D eigenvalue weighted by Gasteiger charge is -2.27. The van der Waals surface area contributed by atoms with E-state index in [1.165, 1.54) is 283 Å². The smallest absolute Gasteiger partial charge is 0.306 e. The molecule has 0 aromatic heterocycles. The van der Waals surface area contributed by atoms with Crippen molar-refractivity contribution in [2.24, 2.45) is 23.7 Å². The summed E-state index contributed by atoms with van der Waals surface area (Å²) < 4.78 is 33.8. The lowest BCUT2D eigenvalue weighted by atomic mass is 10.0. The van der Waals surface area contributed by atoms with E-state index >= 15 is 0 Å². The topological polar surface area (TPSA) is 252 Å². The van der Waals surface area contributed by atoms with E-state index in [1.807, 2.05) is 20.8 Å². The number of esters is 6. The number of hydrogen-bond donors (Lipinski definition) is 4. The largest absolute Gasteiger partial charge is 0.466 e. The van der Waals surface area contributed by atoms with Crippen LogP contribution in [0.5, 0.6) is 0 Å². The Morgan fingerprint density at radius 1 is 0.218 bits per heavy atom. The summed E-state index contributed by atoms with van der Waals surface area (Å²) in [7, 11) is 0. The summed E-state index contributed by atoms with van der Waals surface area (Å²) in [5.41, 5.74) is -0.396. The molecule has 4 unspecified atom stereocenters. The Morgan fingerprint density at radius 2 is 0.415 bits per heavy atom. The maximum absolute atomic E-state index is 12.9. The zero-order valence-corrected chi connectivity index (χ0v) is 99.0. The zero-order valence-electron chi connectivity index (χ0n) is 99.0. The van der Waals surface area contributed by atoms with Crippen LogP contribution in [0.25, 0.3) is 0 Å². The molecule has 0 radical (unpaired) electrons. The van der Waals surface area contributed by atoms with Gasteiger partial charge in [-0.25, -0.2) is 0 Å². The van der Waals surface area contributed by atoms with E-state index in [1.54, 1.807) is 0 Å². The van der Waals surface area contributed by atoms with Gasteiger partial charge in [0.2, 0.25) is 0 Å². The summed E-state index contributed by atoms with van der Waals surface area (Å²) in [5, 5.41) is 38.3. The molecule has 2 saturated carbocycles. The molecule has 20 heteroatoms. The van der Waals surface area contributed by atoms with Gasteiger partial charge in [-0.15, -0.1) is 0 Å². The predicted octanol–water partition coefficient (Wildman–Crippen LogP) is 32.7. The van der Waals surface area contributed by atoms with Gasteiger partial charge >= 0.3 is 35.8 Å². The molecule has 0 amide bonds. The van der Waals surface area contributed by atoms with E-state index < -0.39 is 5.60 Å². The molecule has 872 valence electrons. The van der Waals surface area contributed by atoms with Crippen molar-refractivity contribution in [2.45, 2.75) is 633 Å². The van der Waals surface area contributed by atoms with Crippen LogP contribution in [0.1, 0.15) is 615 Å². The summed E-state index contributed by atoms with van der Waals surface area (Å²) in [6, 6.07) is 0. The minimum atomic E-state index is -0.396. The van der Waals surface area contributed by atoms with Crippen molar-refractivity contribution in [1.29, 1.82) is 0 Å². The fourth-order valence-electron chi connectivity index (χ4n) is 20.8. The first-order valence-corrected chi connectivity index (χ1v) is 64.2. The standard InChI is InChI=1S/C48H96N2O6.C46H87NO5.C33H65NO5/c1-4-7-10-13-16-25-32-45-55-47(53)35-28-21-17-23-30-37-49(41-43-51)39-40-50(42-44-52)38-31-24-18-22-29-36-48(54)56-46(33-26-19-14-11-8-5-2)34-27-20-15-12-9-6-3;1-4-7-10-11-12-19-24-37-51-45(49)27-20-15-13-17-22-33-47(35-36-48)34-23-18-14-16-21-28-46(50)52-44(31-29-42-38-40(42)25-8-5-2)32-30-43-39-41(43)26-9-6-3;1-5-6-7-8-9-10-11-18-23-30-38-31(36)24-19-14-12-16-21-26-34(28-29-35)27-22-17-13-15-20-25-32(37)39-33(2,3)4/h46,51-52H,4-45H2,1-3H3;40-44,48H,4-39H2,1-3H3;35H,5-30H2,1-4H3. The number of carbonyl (C=O) groups excluding carboxylic acids is 6. The van der Waals surface area contributed by atoms with Crippen LogP contribution in [0.2, 0.25) is 0 Å².